The normalized spacial score (nSPS) is 20.3. The number of carboxylic acid groups (broad SMARTS) is 1. The van der Waals surface area contributed by atoms with Gasteiger partial charge in [-0.15, -0.1) is 11.3 Å². The Morgan fingerprint density at radius 2 is 1.85 bits per heavy atom. The average molecular weight is 494 g/mol. The molecule has 6 N–H and O–H groups in total. The first kappa shape index (κ1) is 22.8. The molecule has 0 radical (unpaired) electrons. The summed E-state index contributed by atoms with van der Waals surface area (Å²) in [5.41, 5.74) is 15.9. The van der Waals surface area contributed by atoms with E-state index in [0.717, 1.165) is 16.8 Å². The summed E-state index contributed by atoms with van der Waals surface area (Å²) in [5.74, 6) is -1.37. The highest BCUT2D eigenvalue weighted by molar-refractivity contribution is 7.10. The summed E-state index contributed by atoms with van der Waals surface area (Å²) < 4.78 is 6.62. The van der Waals surface area contributed by atoms with Crippen LogP contribution < -0.4 is 27.2 Å². The summed E-state index contributed by atoms with van der Waals surface area (Å²) in [6, 6.07) is 13.2. The zero-order chi connectivity index (χ0) is 24.3. The molecule has 2 aliphatic heterocycles. The maximum absolute atomic E-state index is 12.5. The number of nitrogens with two attached hydrogens (primary N) is 2. The molecule has 1 amide bonds. The van der Waals surface area contributed by atoms with Crippen LogP contribution in [0.15, 0.2) is 47.8 Å². The Kier molecular flexibility index (Phi) is 5.40. The van der Waals surface area contributed by atoms with Crippen LogP contribution in [0.25, 0.3) is 0 Å². The third-order valence-electron chi connectivity index (χ3n) is 7.00. The predicted molar refractivity (Wildman–Crippen MR) is 137 cm³/mol. The van der Waals surface area contributed by atoms with Gasteiger partial charge in [0, 0.05) is 28.2 Å². The number of amides is 1. The first-order valence-corrected chi connectivity index (χ1v) is 15.1. The second-order valence-corrected chi connectivity index (χ2v) is 14.8. The van der Waals surface area contributed by atoms with Gasteiger partial charge < -0.3 is 26.6 Å². The Bertz CT molecular complexity index is 1320. The molecule has 0 fully saturated rings. The van der Waals surface area contributed by atoms with Crippen molar-refractivity contribution in [3.63, 3.8) is 0 Å². The summed E-state index contributed by atoms with van der Waals surface area (Å²) in [5, 5.41) is 16.4. The van der Waals surface area contributed by atoms with Crippen LogP contribution in [-0.4, -0.2) is 31.1 Å². The van der Waals surface area contributed by atoms with Crippen LogP contribution >= 0.6 is 11.3 Å². The fourth-order valence-corrected chi connectivity index (χ4v) is 9.25. The number of thiophene rings is 1. The number of carbonyl (C=O) groups excluding carboxylic acids is 1. The van der Waals surface area contributed by atoms with Crippen LogP contribution in [0.3, 0.4) is 0 Å². The van der Waals surface area contributed by atoms with Gasteiger partial charge >= 0.3 is 5.97 Å². The number of hydrogen-bond donors (Lipinski definition) is 4. The maximum Gasteiger partial charge on any atom is 0.320 e. The number of ether oxygens (including phenoxy) is 1. The second kappa shape index (κ2) is 8.05. The molecule has 0 aliphatic carbocycles. The third kappa shape index (κ3) is 3.39. The minimum Gasteiger partial charge on any atom is -0.480 e. The smallest absolute Gasteiger partial charge is 0.320 e. The molecule has 1 unspecified atom stereocenters. The van der Waals surface area contributed by atoms with Crippen molar-refractivity contribution in [2.24, 2.45) is 5.73 Å². The Labute approximate surface area is 202 Å². The van der Waals surface area contributed by atoms with E-state index >= 15 is 0 Å². The fourth-order valence-electron chi connectivity index (χ4n) is 5.22. The summed E-state index contributed by atoms with van der Waals surface area (Å²) in [4.78, 5) is 24.7. The lowest BCUT2D eigenvalue weighted by molar-refractivity contribution is -0.138. The van der Waals surface area contributed by atoms with Crippen molar-refractivity contribution < 1.29 is 19.4 Å². The van der Waals surface area contributed by atoms with Crippen LogP contribution in [0.5, 0.6) is 0 Å². The lowest BCUT2D eigenvalue weighted by atomic mass is 9.80. The van der Waals surface area contributed by atoms with Crippen molar-refractivity contribution in [3.05, 3.63) is 69.4 Å². The number of nitrogen functional groups attached to an aromatic ring is 1. The van der Waals surface area contributed by atoms with Gasteiger partial charge in [0.2, 0.25) is 5.91 Å². The third-order valence-corrected chi connectivity index (χ3v) is 11.4. The molecule has 2 atom stereocenters. The van der Waals surface area contributed by atoms with E-state index in [0.29, 0.717) is 12.3 Å². The van der Waals surface area contributed by atoms with Gasteiger partial charge in [-0.2, -0.15) is 0 Å². The van der Waals surface area contributed by atoms with Crippen molar-refractivity contribution >= 4 is 53.0 Å². The number of carbonyl (C=O) groups is 2. The molecular formula is C25H27N3O4SSi. The predicted octanol–water partition coefficient (Wildman–Crippen LogP) is 2.42. The van der Waals surface area contributed by atoms with Gasteiger partial charge in [-0.3, -0.25) is 9.59 Å². The van der Waals surface area contributed by atoms with E-state index in [4.69, 9.17) is 21.3 Å². The molecule has 0 saturated heterocycles. The first-order chi connectivity index (χ1) is 16.1. The van der Waals surface area contributed by atoms with Gasteiger partial charge in [0.05, 0.1) is 6.61 Å². The summed E-state index contributed by atoms with van der Waals surface area (Å²) in [7, 11) is -2.20. The van der Waals surface area contributed by atoms with Gasteiger partial charge in [-0.1, -0.05) is 25.2 Å². The van der Waals surface area contributed by atoms with E-state index in [9.17, 15) is 9.59 Å². The molecule has 2 aliphatic rings. The lowest BCUT2D eigenvalue weighted by Gasteiger charge is -2.44. The van der Waals surface area contributed by atoms with Crippen molar-refractivity contribution in [1.29, 1.82) is 0 Å². The number of anilines is 2. The van der Waals surface area contributed by atoms with Gasteiger partial charge in [-0.05, 0) is 63.6 Å². The summed E-state index contributed by atoms with van der Waals surface area (Å²) in [6.07, 6.45) is 0.118. The van der Waals surface area contributed by atoms with E-state index in [-0.39, 0.29) is 18.7 Å². The first-order valence-electron chi connectivity index (χ1n) is 11.2. The molecule has 5 rings (SSSR count). The van der Waals surface area contributed by atoms with Crippen LogP contribution in [0.4, 0.5) is 11.4 Å². The SMILES string of the molecule is C[Si]1(C)c2cc(N)ccc2C2(OCc3sccc32)c2ccc(NC(=O)CC[C@H](N)C(=O)O)cc21. The molecule has 7 nitrogen and oxygen atoms in total. The Morgan fingerprint density at radius 1 is 1.15 bits per heavy atom. The van der Waals surface area contributed by atoms with E-state index in [1.807, 2.05) is 12.1 Å². The molecule has 1 spiro atoms. The molecule has 0 bridgehead atoms. The highest BCUT2D eigenvalue weighted by Gasteiger charge is 2.53. The number of rotatable bonds is 5. The second-order valence-electron chi connectivity index (χ2n) is 9.45. The fraction of sp³-hybridized carbons (Fsp3) is 0.280. The Balaban J connectivity index is 1.58. The largest absolute Gasteiger partial charge is 0.480 e. The molecule has 1 aromatic heterocycles. The molecular weight excluding hydrogens is 466 g/mol. The molecule has 3 aromatic rings. The molecule has 3 heterocycles. The topological polar surface area (TPSA) is 128 Å². The minimum absolute atomic E-state index is 0.0378. The maximum atomic E-state index is 12.5. The van der Waals surface area contributed by atoms with Crippen LogP contribution in [-0.2, 0) is 26.5 Å². The van der Waals surface area contributed by atoms with Crippen molar-refractivity contribution in [2.75, 3.05) is 11.1 Å². The van der Waals surface area contributed by atoms with Gasteiger partial charge in [0.1, 0.15) is 19.7 Å². The Hall–Kier alpha value is -2.98. The Morgan fingerprint density at radius 3 is 2.59 bits per heavy atom. The molecule has 176 valence electrons. The average Bonchev–Trinajstić information content (AvgIpc) is 3.40. The van der Waals surface area contributed by atoms with E-state index in [1.165, 1.54) is 20.8 Å². The molecule has 0 saturated carbocycles. The molecule has 9 heteroatoms. The number of nitrogens with one attached hydrogen (secondary N) is 1. The van der Waals surface area contributed by atoms with Gasteiger partial charge in [0.25, 0.3) is 0 Å². The number of benzene rings is 2. The van der Waals surface area contributed by atoms with E-state index in [2.05, 4.69) is 54.1 Å². The van der Waals surface area contributed by atoms with Crippen molar-refractivity contribution in [3.8, 4) is 0 Å². The van der Waals surface area contributed by atoms with Crippen LogP contribution in [0.2, 0.25) is 13.1 Å². The molecule has 2 aromatic carbocycles. The zero-order valence-corrected chi connectivity index (χ0v) is 20.9. The van der Waals surface area contributed by atoms with Gasteiger partial charge in [0.15, 0.2) is 0 Å². The van der Waals surface area contributed by atoms with E-state index < -0.39 is 25.7 Å². The number of hydrogen-bond acceptors (Lipinski definition) is 6. The number of carboxylic acids is 1. The highest BCUT2D eigenvalue weighted by atomic mass is 32.1. The lowest BCUT2D eigenvalue weighted by Crippen LogP contribution is -2.63. The van der Waals surface area contributed by atoms with E-state index in [1.54, 1.807) is 11.3 Å². The quantitative estimate of drug-likeness (QED) is 0.319. The number of fused-ring (bicyclic) bond motifs is 6. The summed E-state index contributed by atoms with van der Waals surface area (Å²) in [6.45, 7) is 5.14. The van der Waals surface area contributed by atoms with Gasteiger partial charge in [-0.25, -0.2) is 0 Å². The standard InChI is InChI=1S/C25H27N3O4SSi/c1-34(2)21-11-14(26)3-5-17(21)25(16-9-10-33-20(16)13-32-25)18-6-4-15(12-22(18)34)28-23(29)8-7-19(27)24(30)31/h3-6,9-12,19H,7-8,13,26-27H2,1-2H3,(H,28,29)(H,30,31)/t19-,25?/m0/s1. The highest BCUT2D eigenvalue weighted by Crippen LogP contribution is 2.50. The zero-order valence-electron chi connectivity index (χ0n) is 19.1. The van der Waals surface area contributed by atoms with Crippen LogP contribution in [0, 0.1) is 0 Å². The molecule has 34 heavy (non-hydrogen) atoms. The van der Waals surface area contributed by atoms with Crippen molar-refractivity contribution in [2.45, 2.75) is 44.2 Å². The van der Waals surface area contributed by atoms with Crippen LogP contribution in [0.1, 0.15) is 34.4 Å². The number of aliphatic carboxylic acids is 1. The summed E-state index contributed by atoms with van der Waals surface area (Å²) >= 11 is 1.71. The van der Waals surface area contributed by atoms with Crippen molar-refractivity contribution in [1.82, 2.24) is 0 Å². The monoisotopic (exact) mass is 493 g/mol. The minimum atomic E-state index is -2.20.